The van der Waals surface area contributed by atoms with Gasteiger partial charge in [-0.15, -0.1) is 11.3 Å². The van der Waals surface area contributed by atoms with E-state index >= 15 is 0 Å². The molecule has 0 saturated carbocycles. The predicted molar refractivity (Wildman–Crippen MR) is 80.3 cm³/mol. The molecule has 112 valence electrons. The summed E-state index contributed by atoms with van der Waals surface area (Å²) in [7, 11) is 0. The average molecular weight is 305 g/mol. The van der Waals surface area contributed by atoms with Gasteiger partial charge in [0.2, 0.25) is 5.89 Å². The zero-order valence-corrected chi connectivity index (χ0v) is 13.1. The number of hydrogen-bond donors (Lipinski definition) is 0. The van der Waals surface area contributed by atoms with Crippen molar-refractivity contribution in [1.29, 1.82) is 0 Å². The Balaban J connectivity index is 1.85. The molecule has 0 radical (unpaired) electrons. The maximum Gasteiger partial charge on any atom is 0.264 e. The van der Waals surface area contributed by atoms with Gasteiger partial charge in [-0.3, -0.25) is 4.79 Å². The molecule has 21 heavy (non-hydrogen) atoms. The number of aromatic nitrogens is 2. The van der Waals surface area contributed by atoms with Gasteiger partial charge in [0.05, 0.1) is 4.88 Å². The largest absolute Gasteiger partial charge is 0.337 e. The van der Waals surface area contributed by atoms with Crippen LogP contribution in [-0.2, 0) is 0 Å². The lowest BCUT2D eigenvalue weighted by Crippen LogP contribution is -2.38. The van der Waals surface area contributed by atoms with Gasteiger partial charge >= 0.3 is 0 Å². The molecule has 2 aromatic rings. The molecule has 0 aromatic carbocycles. The Morgan fingerprint density at radius 3 is 3.00 bits per heavy atom. The second kappa shape index (κ2) is 5.97. The minimum atomic E-state index is -0.0895. The third-order valence-corrected chi connectivity index (χ3v) is 4.61. The van der Waals surface area contributed by atoms with Crippen LogP contribution in [0.1, 0.15) is 66.5 Å². The van der Waals surface area contributed by atoms with E-state index in [0.29, 0.717) is 11.7 Å². The molecule has 0 spiro atoms. The summed E-state index contributed by atoms with van der Waals surface area (Å²) in [5.74, 6) is 1.58. The summed E-state index contributed by atoms with van der Waals surface area (Å²) in [6.45, 7) is 4.81. The molecule has 3 rings (SSSR count). The zero-order chi connectivity index (χ0) is 14.8. The van der Waals surface area contributed by atoms with Gasteiger partial charge in [0.15, 0.2) is 5.82 Å². The third kappa shape index (κ3) is 2.85. The van der Waals surface area contributed by atoms with Gasteiger partial charge in [-0.25, -0.2) is 0 Å². The smallest absolute Gasteiger partial charge is 0.264 e. The molecule has 3 heterocycles. The summed E-state index contributed by atoms with van der Waals surface area (Å²) in [6, 6.07) is 3.68. The van der Waals surface area contributed by atoms with Crippen LogP contribution < -0.4 is 0 Å². The maximum atomic E-state index is 12.6. The second-order valence-electron chi connectivity index (χ2n) is 5.63. The molecule has 1 fully saturated rings. The molecule has 1 amide bonds. The molecule has 1 aliphatic heterocycles. The molecule has 0 aliphatic carbocycles. The Labute approximate surface area is 128 Å². The van der Waals surface area contributed by atoms with Crippen LogP contribution in [0.5, 0.6) is 0 Å². The van der Waals surface area contributed by atoms with Crippen LogP contribution in [0, 0.1) is 0 Å². The number of amides is 1. The highest BCUT2D eigenvalue weighted by molar-refractivity contribution is 7.12. The monoisotopic (exact) mass is 305 g/mol. The first-order valence-corrected chi connectivity index (χ1v) is 8.22. The summed E-state index contributed by atoms with van der Waals surface area (Å²) in [5.41, 5.74) is 0. The maximum absolute atomic E-state index is 12.6. The molecule has 0 bridgehead atoms. The molecular weight excluding hydrogens is 286 g/mol. The molecule has 1 saturated heterocycles. The van der Waals surface area contributed by atoms with Crippen molar-refractivity contribution in [2.45, 2.75) is 45.1 Å². The van der Waals surface area contributed by atoms with Crippen molar-refractivity contribution in [3.05, 3.63) is 34.1 Å². The van der Waals surface area contributed by atoms with E-state index in [1.807, 2.05) is 36.3 Å². The lowest BCUT2D eigenvalue weighted by Gasteiger charge is -2.33. The molecule has 1 atom stereocenters. The van der Waals surface area contributed by atoms with Crippen molar-refractivity contribution < 1.29 is 9.32 Å². The SMILES string of the molecule is CC(C)c1noc([C@H]2CCCCN2C(=O)c2cccs2)n1. The van der Waals surface area contributed by atoms with Gasteiger partial charge in [-0.2, -0.15) is 4.98 Å². The first-order chi connectivity index (χ1) is 10.2. The van der Waals surface area contributed by atoms with Crippen LogP contribution in [-0.4, -0.2) is 27.5 Å². The van der Waals surface area contributed by atoms with Crippen molar-refractivity contribution in [1.82, 2.24) is 15.0 Å². The van der Waals surface area contributed by atoms with Crippen LogP contribution in [0.2, 0.25) is 0 Å². The van der Waals surface area contributed by atoms with Crippen LogP contribution in [0.4, 0.5) is 0 Å². The lowest BCUT2D eigenvalue weighted by atomic mass is 10.0. The van der Waals surface area contributed by atoms with Crippen molar-refractivity contribution in [3.8, 4) is 0 Å². The fourth-order valence-corrected chi connectivity index (χ4v) is 3.27. The predicted octanol–water partition coefficient (Wildman–Crippen LogP) is 3.62. The summed E-state index contributed by atoms with van der Waals surface area (Å²) in [4.78, 5) is 19.8. The topological polar surface area (TPSA) is 59.2 Å². The number of rotatable bonds is 3. The fourth-order valence-electron chi connectivity index (χ4n) is 2.59. The molecule has 0 N–H and O–H groups in total. The van der Waals surface area contributed by atoms with Gasteiger partial charge in [0, 0.05) is 12.5 Å². The number of likely N-dealkylation sites (tertiary alicyclic amines) is 1. The van der Waals surface area contributed by atoms with Crippen LogP contribution in [0.3, 0.4) is 0 Å². The van der Waals surface area contributed by atoms with E-state index < -0.39 is 0 Å². The first kappa shape index (κ1) is 14.3. The summed E-state index contributed by atoms with van der Waals surface area (Å²) in [6.07, 6.45) is 2.99. The van der Waals surface area contributed by atoms with Gasteiger partial charge in [0.25, 0.3) is 5.91 Å². The Kier molecular flexibility index (Phi) is 4.05. The van der Waals surface area contributed by atoms with Gasteiger partial charge < -0.3 is 9.42 Å². The summed E-state index contributed by atoms with van der Waals surface area (Å²) in [5, 5.41) is 5.95. The number of hydrogen-bond acceptors (Lipinski definition) is 5. The van der Waals surface area contributed by atoms with Crippen molar-refractivity contribution in [2.75, 3.05) is 6.54 Å². The lowest BCUT2D eigenvalue weighted by molar-refractivity contribution is 0.0566. The van der Waals surface area contributed by atoms with E-state index in [9.17, 15) is 4.79 Å². The van der Waals surface area contributed by atoms with Gasteiger partial charge in [-0.1, -0.05) is 25.1 Å². The number of nitrogens with zero attached hydrogens (tertiary/aromatic N) is 3. The molecule has 6 heteroatoms. The molecule has 2 aromatic heterocycles. The highest BCUT2D eigenvalue weighted by Gasteiger charge is 2.33. The first-order valence-electron chi connectivity index (χ1n) is 7.35. The van der Waals surface area contributed by atoms with Gasteiger partial charge in [0.1, 0.15) is 6.04 Å². The van der Waals surface area contributed by atoms with Crippen LogP contribution >= 0.6 is 11.3 Å². The third-order valence-electron chi connectivity index (χ3n) is 3.75. The number of carbonyl (C=O) groups excluding carboxylic acids is 1. The van der Waals surface area contributed by atoms with Crippen molar-refractivity contribution >= 4 is 17.2 Å². The Morgan fingerprint density at radius 1 is 1.48 bits per heavy atom. The zero-order valence-electron chi connectivity index (χ0n) is 12.3. The standard InChI is InChI=1S/C15H19N3O2S/c1-10(2)13-16-14(20-17-13)11-6-3-4-8-18(11)15(19)12-7-5-9-21-12/h5,7,9-11H,3-4,6,8H2,1-2H3/t11-/m1/s1. The minimum absolute atomic E-state index is 0.0685. The summed E-state index contributed by atoms with van der Waals surface area (Å²) >= 11 is 1.47. The average Bonchev–Trinajstić information content (AvgIpc) is 3.18. The van der Waals surface area contributed by atoms with E-state index in [-0.39, 0.29) is 17.9 Å². The highest BCUT2D eigenvalue weighted by Crippen LogP contribution is 2.32. The van der Waals surface area contributed by atoms with E-state index in [1.54, 1.807) is 0 Å². The summed E-state index contributed by atoms with van der Waals surface area (Å²) < 4.78 is 5.41. The second-order valence-corrected chi connectivity index (χ2v) is 6.58. The Morgan fingerprint density at radius 2 is 2.33 bits per heavy atom. The van der Waals surface area contributed by atoms with Crippen molar-refractivity contribution in [2.24, 2.45) is 0 Å². The quantitative estimate of drug-likeness (QED) is 0.869. The molecule has 0 unspecified atom stereocenters. The number of carbonyl (C=O) groups is 1. The number of thiophene rings is 1. The number of piperidine rings is 1. The molecule has 1 aliphatic rings. The Bertz CT molecular complexity index is 606. The van der Waals surface area contributed by atoms with Crippen LogP contribution in [0.15, 0.2) is 22.0 Å². The highest BCUT2D eigenvalue weighted by atomic mass is 32.1. The van der Waals surface area contributed by atoms with E-state index in [2.05, 4.69) is 10.1 Å². The van der Waals surface area contributed by atoms with Crippen LogP contribution in [0.25, 0.3) is 0 Å². The Hall–Kier alpha value is -1.69. The van der Waals surface area contributed by atoms with Crippen molar-refractivity contribution in [3.63, 3.8) is 0 Å². The normalized spacial score (nSPS) is 19.2. The molecular formula is C15H19N3O2S. The van der Waals surface area contributed by atoms with E-state index in [1.165, 1.54) is 11.3 Å². The minimum Gasteiger partial charge on any atom is -0.337 e. The fraction of sp³-hybridized carbons (Fsp3) is 0.533. The van der Waals surface area contributed by atoms with E-state index in [0.717, 1.165) is 30.7 Å². The molecule has 5 nitrogen and oxygen atoms in total. The van der Waals surface area contributed by atoms with E-state index in [4.69, 9.17) is 4.52 Å². The van der Waals surface area contributed by atoms with Gasteiger partial charge in [-0.05, 0) is 30.7 Å².